The zero-order valence-electron chi connectivity index (χ0n) is 10.1. The molecule has 1 saturated carbocycles. The van der Waals surface area contributed by atoms with Crippen LogP contribution in [0.15, 0.2) is 24.0 Å². The zero-order valence-corrected chi connectivity index (χ0v) is 13.1. The van der Waals surface area contributed by atoms with Gasteiger partial charge in [-0.05, 0) is 35.4 Å². The molecular weight excluding hydrogens is 373 g/mol. The Balaban J connectivity index is 1.78. The van der Waals surface area contributed by atoms with Crippen LogP contribution in [0.4, 0.5) is 0 Å². The molecule has 1 aliphatic rings. The summed E-state index contributed by atoms with van der Waals surface area (Å²) in [6.45, 7) is 0.842. The molecule has 0 bridgehead atoms. The van der Waals surface area contributed by atoms with E-state index < -0.39 is 0 Å². The van der Waals surface area contributed by atoms with Crippen LogP contribution >= 0.6 is 33.9 Å². The molecule has 0 unspecified atom stereocenters. The summed E-state index contributed by atoms with van der Waals surface area (Å²) in [6.07, 6.45) is 8.52. The topological polar surface area (TPSA) is 47.2 Å². The van der Waals surface area contributed by atoms with Crippen molar-refractivity contribution >= 4 is 38.9 Å². The van der Waals surface area contributed by atoms with Gasteiger partial charge in [0.2, 0.25) is 0 Å². The fourth-order valence-corrected chi connectivity index (χ4v) is 3.23. The number of thiazole rings is 1. The van der Waals surface area contributed by atoms with Crippen LogP contribution in [0.3, 0.4) is 0 Å². The van der Waals surface area contributed by atoms with Gasteiger partial charge >= 0.3 is 0 Å². The van der Waals surface area contributed by atoms with E-state index in [1.54, 1.807) is 11.3 Å². The van der Waals surface area contributed by atoms with Gasteiger partial charge in [-0.1, -0.05) is 0 Å². The number of nitrogens with one attached hydrogen (secondary N) is 1. The first-order valence-corrected chi connectivity index (χ1v) is 8.15. The van der Waals surface area contributed by atoms with Gasteiger partial charge in [0.1, 0.15) is 0 Å². The van der Waals surface area contributed by atoms with E-state index in [2.05, 4.69) is 49.0 Å². The van der Waals surface area contributed by atoms with Crippen molar-refractivity contribution in [2.24, 2.45) is 0 Å². The molecule has 3 heterocycles. The quantitative estimate of drug-likeness (QED) is 0.702. The van der Waals surface area contributed by atoms with E-state index in [4.69, 9.17) is 4.98 Å². The third-order valence-electron chi connectivity index (χ3n) is 3.24. The largest absolute Gasteiger partial charge is 0.308 e. The Morgan fingerprint density at radius 3 is 3.11 bits per heavy atom. The molecule has 1 fully saturated rings. The summed E-state index contributed by atoms with van der Waals surface area (Å²) >= 11 is 3.92. The lowest BCUT2D eigenvalue weighted by molar-refractivity contribution is 0.663. The van der Waals surface area contributed by atoms with Crippen LogP contribution in [0.1, 0.15) is 18.5 Å². The predicted molar refractivity (Wildman–Crippen MR) is 82.8 cm³/mol. The Hall–Kier alpha value is -0.930. The number of rotatable bonds is 4. The van der Waals surface area contributed by atoms with E-state index in [1.165, 1.54) is 18.5 Å². The number of fused-ring (bicyclic) bond motifs is 1. The summed E-state index contributed by atoms with van der Waals surface area (Å²) < 4.78 is 5.14. The van der Waals surface area contributed by atoms with Crippen molar-refractivity contribution < 1.29 is 0 Å². The number of imidazole rings is 1. The van der Waals surface area contributed by atoms with Gasteiger partial charge in [0.05, 0.1) is 15.5 Å². The smallest absolute Gasteiger partial charge is 0.196 e. The maximum atomic E-state index is 4.69. The van der Waals surface area contributed by atoms with Crippen molar-refractivity contribution in [3.8, 4) is 5.82 Å². The third kappa shape index (κ3) is 2.19. The van der Waals surface area contributed by atoms with Crippen molar-refractivity contribution in [1.29, 1.82) is 0 Å². The first-order chi connectivity index (χ1) is 9.31. The SMILES string of the molecule is Ic1cnn(-c2nc3sccn3c2CNC2CC2)c1. The second kappa shape index (κ2) is 4.57. The minimum Gasteiger partial charge on any atom is -0.308 e. The standard InChI is InChI=1S/C12H12IN5S/c13-8-5-15-18(7-8)11-10(6-14-9-1-2-9)17-3-4-19-12(17)16-11/h3-5,7,9,14H,1-2,6H2. The van der Waals surface area contributed by atoms with Crippen LogP contribution in [-0.4, -0.2) is 25.2 Å². The van der Waals surface area contributed by atoms with Crippen molar-refractivity contribution in [3.63, 3.8) is 0 Å². The van der Waals surface area contributed by atoms with Crippen molar-refractivity contribution in [3.05, 3.63) is 33.2 Å². The number of aromatic nitrogens is 4. The molecule has 7 heteroatoms. The average molecular weight is 385 g/mol. The molecule has 0 atom stereocenters. The average Bonchev–Trinajstić information content (AvgIpc) is 2.81. The minimum atomic E-state index is 0.690. The zero-order chi connectivity index (χ0) is 12.8. The normalized spacial score (nSPS) is 15.4. The summed E-state index contributed by atoms with van der Waals surface area (Å²) in [5.41, 5.74) is 1.18. The molecule has 0 aromatic carbocycles. The van der Waals surface area contributed by atoms with E-state index in [9.17, 15) is 0 Å². The molecule has 5 nitrogen and oxygen atoms in total. The van der Waals surface area contributed by atoms with Crippen LogP contribution in [0.2, 0.25) is 0 Å². The molecule has 0 radical (unpaired) electrons. The van der Waals surface area contributed by atoms with Crippen LogP contribution in [-0.2, 0) is 6.54 Å². The molecule has 0 saturated heterocycles. The number of nitrogens with zero attached hydrogens (tertiary/aromatic N) is 4. The fourth-order valence-electron chi connectivity index (χ4n) is 2.11. The highest BCUT2D eigenvalue weighted by Crippen LogP contribution is 2.23. The molecule has 3 aromatic heterocycles. The maximum Gasteiger partial charge on any atom is 0.196 e. The van der Waals surface area contributed by atoms with Gasteiger partial charge < -0.3 is 5.32 Å². The van der Waals surface area contributed by atoms with E-state index >= 15 is 0 Å². The van der Waals surface area contributed by atoms with Crippen LogP contribution < -0.4 is 5.32 Å². The Labute approximate surface area is 127 Å². The van der Waals surface area contributed by atoms with Gasteiger partial charge in [-0.25, -0.2) is 4.68 Å². The van der Waals surface area contributed by atoms with Gasteiger partial charge in [-0.3, -0.25) is 4.40 Å². The van der Waals surface area contributed by atoms with Crippen molar-refractivity contribution in [2.45, 2.75) is 25.4 Å². The van der Waals surface area contributed by atoms with Gasteiger partial charge in [0.15, 0.2) is 10.8 Å². The lowest BCUT2D eigenvalue weighted by Crippen LogP contribution is -2.18. The van der Waals surface area contributed by atoms with Gasteiger partial charge in [0, 0.05) is 30.4 Å². The number of hydrogen-bond acceptors (Lipinski definition) is 4. The molecular formula is C12H12IN5S. The molecule has 19 heavy (non-hydrogen) atoms. The molecule has 98 valence electrons. The van der Waals surface area contributed by atoms with Crippen molar-refractivity contribution in [1.82, 2.24) is 24.5 Å². The molecule has 0 spiro atoms. The Morgan fingerprint density at radius 1 is 1.47 bits per heavy atom. The molecule has 0 aliphatic heterocycles. The van der Waals surface area contributed by atoms with Crippen LogP contribution in [0, 0.1) is 3.57 Å². The highest BCUT2D eigenvalue weighted by molar-refractivity contribution is 14.1. The van der Waals surface area contributed by atoms with E-state index in [1.807, 2.05) is 17.1 Å². The lowest BCUT2D eigenvalue weighted by Gasteiger charge is -2.05. The number of halogens is 1. The Kier molecular flexibility index (Phi) is 2.85. The van der Waals surface area contributed by atoms with Crippen LogP contribution in [0.5, 0.6) is 0 Å². The molecule has 4 rings (SSSR count). The molecule has 1 N–H and O–H groups in total. The second-order valence-electron chi connectivity index (χ2n) is 4.70. The third-order valence-corrected chi connectivity index (χ3v) is 4.56. The predicted octanol–water partition coefficient (Wildman–Crippen LogP) is 2.44. The summed E-state index contributed by atoms with van der Waals surface area (Å²) in [5.74, 6) is 0.933. The highest BCUT2D eigenvalue weighted by Gasteiger charge is 2.22. The second-order valence-corrected chi connectivity index (χ2v) is 6.81. The minimum absolute atomic E-state index is 0.690. The first kappa shape index (κ1) is 11.9. The van der Waals surface area contributed by atoms with Gasteiger partial charge in [0.25, 0.3) is 0 Å². The summed E-state index contributed by atoms with van der Waals surface area (Å²) in [6, 6.07) is 0.690. The Morgan fingerprint density at radius 2 is 2.37 bits per heavy atom. The first-order valence-electron chi connectivity index (χ1n) is 6.19. The molecule has 0 amide bonds. The monoisotopic (exact) mass is 385 g/mol. The molecule has 3 aromatic rings. The van der Waals surface area contributed by atoms with E-state index in [0.29, 0.717) is 6.04 Å². The van der Waals surface area contributed by atoms with E-state index in [-0.39, 0.29) is 0 Å². The highest BCUT2D eigenvalue weighted by atomic mass is 127. The van der Waals surface area contributed by atoms with Crippen molar-refractivity contribution in [2.75, 3.05) is 0 Å². The van der Waals surface area contributed by atoms with Crippen LogP contribution in [0.25, 0.3) is 10.8 Å². The van der Waals surface area contributed by atoms with E-state index in [0.717, 1.165) is 20.9 Å². The Bertz CT molecular complexity index is 723. The van der Waals surface area contributed by atoms with Gasteiger partial charge in [-0.15, -0.1) is 11.3 Å². The summed E-state index contributed by atoms with van der Waals surface area (Å²) in [7, 11) is 0. The maximum absolute atomic E-state index is 4.69. The van der Waals surface area contributed by atoms with Gasteiger partial charge in [-0.2, -0.15) is 10.1 Å². The fraction of sp³-hybridized carbons (Fsp3) is 0.333. The summed E-state index contributed by atoms with van der Waals surface area (Å²) in [4.78, 5) is 5.71. The summed E-state index contributed by atoms with van der Waals surface area (Å²) in [5, 5.41) is 10.0. The molecule has 1 aliphatic carbocycles. The lowest BCUT2D eigenvalue weighted by atomic mass is 10.4. The number of hydrogen-bond donors (Lipinski definition) is 1.